The summed E-state index contributed by atoms with van der Waals surface area (Å²) in [6.45, 7) is 13.9. The zero-order chi connectivity index (χ0) is 16.0. The lowest BCUT2D eigenvalue weighted by molar-refractivity contribution is -0.0704. The summed E-state index contributed by atoms with van der Waals surface area (Å²) < 4.78 is 6.23. The summed E-state index contributed by atoms with van der Waals surface area (Å²) in [5.41, 5.74) is -0.0438. The Kier molecular flexibility index (Phi) is 4.59. The maximum Gasteiger partial charge on any atom is 0.0787 e. The molecule has 0 saturated carbocycles. The van der Waals surface area contributed by atoms with Gasteiger partial charge in [0.2, 0.25) is 0 Å². The normalized spacial score (nSPS) is 37.0. The van der Waals surface area contributed by atoms with Gasteiger partial charge in [-0.3, -0.25) is 4.90 Å². The molecular formula is C18H35N3O. The topological polar surface area (TPSA) is 27.7 Å². The van der Waals surface area contributed by atoms with Gasteiger partial charge in [-0.25, -0.2) is 0 Å². The fourth-order valence-electron chi connectivity index (χ4n) is 4.72. The molecule has 0 amide bonds. The van der Waals surface area contributed by atoms with Gasteiger partial charge in [-0.1, -0.05) is 0 Å². The standard InChI is InChI=1S/C18H35N3O/c1-17(2)12-16(18(3,4)22-17)19-14-6-11-21(13-14)15-7-9-20(5)10-8-15/h14-16,19H,6-13H2,1-5H3/t14-,16-/m1/s1. The highest BCUT2D eigenvalue weighted by atomic mass is 16.5. The van der Waals surface area contributed by atoms with Crippen molar-refractivity contribution in [3.8, 4) is 0 Å². The largest absolute Gasteiger partial charge is 0.368 e. The average Bonchev–Trinajstić information content (AvgIpc) is 2.93. The van der Waals surface area contributed by atoms with Gasteiger partial charge in [0.1, 0.15) is 0 Å². The van der Waals surface area contributed by atoms with Gasteiger partial charge in [0.25, 0.3) is 0 Å². The van der Waals surface area contributed by atoms with E-state index in [4.69, 9.17) is 4.74 Å². The molecule has 1 N–H and O–H groups in total. The zero-order valence-electron chi connectivity index (χ0n) is 15.2. The highest BCUT2D eigenvalue weighted by molar-refractivity contribution is 5.01. The van der Waals surface area contributed by atoms with Gasteiger partial charge in [0, 0.05) is 31.2 Å². The molecule has 3 aliphatic rings. The maximum absolute atomic E-state index is 6.23. The summed E-state index contributed by atoms with van der Waals surface area (Å²) >= 11 is 0. The summed E-state index contributed by atoms with van der Waals surface area (Å²) in [6.07, 6.45) is 5.09. The predicted molar refractivity (Wildman–Crippen MR) is 91.3 cm³/mol. The summed E-state index contributed by atoms with van der Waals surface area (Å²) in [5.74, 6) is 0. The third kappa shape index (κ3) is 3.66. The van der Waals surface area contributed by atoms with Gasteiger partial charge in [-0.05, 0) is 73.5 Å². The van der Waals surface area contributed by atoms with Gasteiger partial charge < -0.3 is 15.0 Å². The Morgan fingerprint density at radius 2 is 1.68 bits per heavy atom. The van der Waals surface area contributed by atoms with Crippen LogP contribution < -0.4 is 5.32 Å². The molecule has 3 fully saturated rings. The highest BCUT2D eigenvalue weighted by Gasteiger charge is 2.46. The molecule has 4 heteroatoms. The van der Waals surface area contributed by atoms with E-state index in [1.165, 1.54) is 45.4 Å². The van der Waals surface area contributed by atoms with Crippen molar-refractivity contribution < 1.29 is 4.74 Å². The van der Waals surface area contributed by atoms with E-state index in [1.807, 2.05) is 0 Å². The highest BCUT2D eigenvalue weighted by Crippen LogP contribution is 2.37. The molecule has 0 aromatic carbocycles. The SMILES string of the molecule is CN1CCC(N2CC[C@@H](N[C@@H]3CC(C)(C)OC3(C)C)C2)CC1. The predicted octanol–water partition coefficient (Wildman–Crippen LogP) is 2.09. The molecule has 0 spiro atoms. The average molecular weight is 309 g/mol. The van der Waals surface area contributed by atoms with Crippen LogP contribution in [-0.2, 0) is 4.74 Å². The lowest BCUT2D eigenvalue weighted by atomic mass is 9.93. The Hall–Kier alpha value is -0.160. The monoisotopic (exact) mass is 309 g/mol. The van der Waals surface area contributed by atoms with E-state index in [9.17, 15) is 0 Å². The number of rotatable bonds is 3. The molecule has 3 aliphatic heterocycles. The lowest BCUT2D eigenvalue weighted by Gasteiger charge is -2.35. The van der Waals surface area contributed by atoms with E-state index >= 15 is 0 Å². The third-order valence-electron chi connectivity index (χ3n) is 5.94. The quantitative estimate of drug-likeness (QED) is 0.864. The number of likely N-dealkylation sites (tertiary alicyclic amines) is 2. The van der Waals surface area contributed by atoms with E-state index in [-0.39, 0.29) is 11.2 Å². The molecule has 128 valence electrons. The number of nitrogens with one attached hydrogen (secondary N) is 1. The van der Waals surface area contributed by atoms with E-state index in [0.717, 1.165) is 12.5 Å². The molecule has 0 bridgehead atoms. The molecule has 0 aromatic rings. The van der Waals surface area contributed by atoms with Gasteiger partial charge in [0.05, 0.1) is 11.2 Å². The molecule has 22 heavy (non-hydrogen) atoms. The van der Waals surface area contributed by atoms with Crippen molar-refractivity contribution in [2.75, 3.05) is 33.2 Å². The molecule has 0 aromatic heterocycles. The van der Waals surface area contributed by atoms with Crippen LogP contribution >= 0.6 is 0 Å². The molecule has 0 aliphatic carbocycles. The number of hydrogen-bond donors (Lipinski definition) is 1. The first kappa shape index (κ1) is 16.7. The van der Waals surface area contributed by atoms with E-state index in [1.54, 1.807) is 0 Å². The fourth-order valence-corrected chi connectivity index (χ4v) is 4.72. The first-order chi connectivity index (χ1) is 10.3. The van der Waals surface area contributed by atoms with Gasteiger partial charge in [0.15, 0.2) is 0 Å². The van der Waals surface area contributed by atoms with Crippen molar-refractivity contribution in [3.05, 3.63) is 0 Å². The van der Waals surface area contributed by atoms with Crippen LogP contribution in [0.5, 0.6) is 0 Å². The van der Waals surface area contributed by atoms with Crippen LogP contribution in [0.3, 0.4) is 0 Å². The minimum atomic E-state index is -0.0511. The Morgan fingerprint density at radius 1 is 1.00 bits per heavy atom. The molecule has 3 saturated heterocycles. The summed E-state index contributed by atoms with van der Waals surface area (Å²) in [6, 6.07) is 1.93. The van der Waals surface area contributed by atoms with Crippen molar-refractivity contribution in [2.45, 2.75) is 82.7 Å². The van der Waals surface area contributed by atoms with Crippen LogP contribution in [-0.4, -0.2) is 72.4 Å². The van der Waals surface area contributed by atoms with Crippen LogP contribution in [0.2, 0.25) is 0 Å². The number of ether oxygens (including phenoxy) is 1. The van der Waals surface area contributed by atoms with Gasteiger partial charge in [-0.2, -0.15) is 0 Å². The minimum absolute atomic E-state index is 0.00735. The van der Waals surface area contributed by atoms with Crippen LogP contribution in [0.25, 0.3) is 0 Å². The Labute approximate surface area is 136 Å². The van der Waals surface area contributed by atoms with E-state index < -0.39 is 0 Å². The zero-order valence-corrected chi connectivity index (χ0v) is 15.2. The van der Waals surface area contributed by atoms with Crippen molar-refractivity contribution in [1.29, 1.82) is 0 Å². The van der Waals surface area contributed by atoms with Crippen molar-refractivity contribution >= 4 is 0 Å². The van der Waals surface area contributed by atoms with Gasteiger partial charge in [-0.15, -0.1) is 0 Å². The molecule has 0 unspecified atom stereocenters. The first-order valence-electron chi connectivity index (χ1n) is 9.14. The number of nitrogens with zero attached hydrogens (tertiary/aromatic N) is 2. The molecule has 3 heterocycles. The third-order valence-corrected chi connectivity index (χ3v) is 5.94. The molecule has 3 rings (SSSR count). The number of hydrogen-bond acceptors (Lipinski definition) is 4. The minimum Gasteiger partial charge on any atom is -0.368 e. The number of piperidine rings is 1. The van der Waals surface area contributed by atoms with Crippen molar-refractivity contribution in [2.24, 2.45) is 0 Å². The second kappa shape index (κ2) is 6.04. The second-order valence-corrected chi connectivity index (χ2v) is 8.90. The lowest BCUT2D eigenvalue weighted by Crippen LogP contribution is -2.49. The molecule has 4 nitrogen and oxygen atoms in total. The molecule has 0 radical (unpaired) electrons. The Morgan fingerprint density at radius 3 is 2.27 bits per heavy atom. The molecular weight excluding hydrogens is 274 g/mol. The van der Waals surface area contributed by atoms with Crippen LogP contribution in [0.15, 0.2) is 0 Å². The smallest absolute Gasteiger partial charge is 0.0787 e. The van der Waals surface area contributed by atoms with Crippen LogP contribution in [0.1, 0.15) is 53.4 Å². The summed E-state index contributed by atoms with van der Waals surface area (Å²) in [7, 11) is 2.24. The molecule has 2 atom stereocenters. The maximum atomic E-state index is 6.23. The Balaban J connectivity index is 1.51. The van der Waals surface area contributed by atoms with E-state index in [0.29, 0.717) is 12.1 Å². The van der Waals surface area contributed by atoms with Crippen molar-refractivity contribution in [1.82, 2.24) is 15.1 Å². The summed E-state index contributed by atoms with van der Waals surface area (Å²) in [5, 5.41) is 3.92. The van der Waals surface area contributed by atoms with Crippen LogP contribution in [0.4, 0.5) is 0 Å². The fraction of sp³-hybridized carbons (Fsp3) is 1.00. The Bertz CT molecular complexity index is 388. The van der Waals surface area contributed by atoms with E-state index in [2.05, 4.69) is 49.9 Å². The van der Waals surface area contributed by atoms with Gasteiger partial charge >= 0.3 is 0 Å². The van der Waals surface area contributed by atoms with Crippen LogP contribution in [0, 0.1) is 0 Å². The summed E-state index contributed by atoms with van der Waals surface area (Å²) in [4.78, 5) is 5.20. The first-order valence-corrected chi connectivity index (χ1v) is 9.14. The van der Waals surface area contributed by atoms with Crippen molar-refractivity contribution in [3.63, 3.8) is 0 Å². The second-order valence-electron chi connectivity index (χ2n) is 8.90.